The van der Waals surface area contributed by atoms with Gasteiger partial charge in [-0.2, -0.15) is 5.10 Å². The Hall–Kier alpha value is -1.91. The van der Waals surface area contributed by atoms with Gasteiger partial charge in [0.2, 0.25) is 0 Å². The Balaban J connectivity index is 1.95. The Labute approximate surface area is 116 Å². The Morgan fingerprint density at radius 3 is 2.60 bits per heavy atom. The molecule has 1 aliphatic heterocycles. The molecule has 2 aromatic rings. The fourth-order valence-electron chi connectivity index (χ4n) is 2.68. The van der Waals surface area contributed by atoms with Crippen molar-refractivity contribution in [1.29, 1.82) is 0 Å². The number of anilines is 1. The predicted molar refractivity (Wildman–Crippen MR) is 74.2 cm³/mol. The van der Waals surface area contributed by atoms with Gasteiger partial charge in [0.15, 0.2) is 0 Å². The molecule has 0 saturated heterocycles. The lowest BCUT2D eigenvalue weighted by Crippen LogP contribution is -2.30. The fourth-order valence-corrected chi connectivity index (χ4v) is 2.68. The van der Waals surface area contributed by atoms with Crippen LogP contribution in [0.4, 0.5) is 14.6 Å². The van der Waals surface area contributed by atoms with Crippen molar-refractivity contribution in [3.63, 3.8) is 0 Å². The van der Waals surface area contributed by atoms with Gasteiger partial charge in [-0.15, -0.1) is 0 Å². The van der Waals surface area contributed by atoms with Crippen LogP contribution in [0.2, 0.25) is 0 Å². The quantitative estimate of drug-likeness (QED) is 0.903. The number of benzene rings is 1. The minimum Gasteiger partial charge on any atom is -0.363 e. The first-order valence-electron chi connectivity index (χ1n) is 6.72. The van der Waals surface area contributed by atoms with Crippen molar-refractivity contribution >= 4 is 5.82 Å². The summed E-state index contributed by atoms with van der Waals surface area (Å²) in [4.78, 5) is 0. The summed E-state index contributed by atoms with van der Waals surface area (Å²) in [6.07, 6.45) is -2.07. The van der Waals surface area contributed by atoms with Crippen LogP contribution in [0.25, 0.3) is 0 Å². The molecule has 0 amide bonds. The predicted octanol–water partition coefficient (Wildman–Crippen LogP) is 3.86. The molecule has 0 aliphatic carbocycles. The third-order valence-corrected chi connectivity index (χ3v) is 3.74. The van der Waals surface area contributed by atoms with Gasteiger partial charge in [0.1, 0.15) is 11.9 Å². The molecule has 1 aromatic heterocycles. The number of aromatic nitrogens is 2. The zero-order valence-corrected chi connectivity index (χ0v) is 11.5. The number of rotatable bonds is 2. The van der Waals surface area contributed by atoms with Crippen molar-refractivity contribution in [2.45, 2.75) is 38.8 Å². The molecular weight excluding hydrogens is 260 g/mol. The van der Waals surface area contributed by atoms with Crippen LogP contribution in [0.1, 0.15) is 35.3 Å². The summed E-state index contributed by atoms with van der Waals surface area (Å²) in [7, 11) is 0. The lowest BCUT2D eigenvalue weighted by molar-refractivity contribution is 0.0657. The first kappa shape index (κ1) is 13.1. The summed E-state index contributed by atoms with van der Waals surface area (Å²) in [5, 5.41) is 7.48. The Kier molecular flexibility index (Phi) is 3.20. The van der Waals surface area contributed by atoms with Crippen molar-refractivity contribution in [2.24, 2.45) is 0 Å². The normalized spacial score (nSPS) is 21.6. The van der Waals surface area contributed by atoms with Crippen molar-refractivity contribution in [3.8, 4) is 0 Å². The minimum atomic E-state index is -2.41. The highest BCUT2D eigenvalue weighted by Gasteiger charge is 2.34. The van der Waals surface area contributed by atoms with E-state index in [1.807, 2.05) is 44.2 Å². The van der Waals surface area contributed by atoms with Crippen molar-refractivity contribution in [3.05, 3.63) is 47.2 Å². The molecule has 2 atom stereocenters. The number of halogens is 2. The van der Waals surface area contributed by atoms with Gasteiger partial charge in [-0.3, -0.25) is 0 Å². The SMILES string of the molecule is Cc1ccc([C@H]2C[C@H](C(F)F)n3nc(C)cc3N2)cc1. The summed E-state index contributed by atoms with van der Waals surface area (Å²) in [6, 6.07) is 8.85. The summed E-state index contributed by atoms with van der Waals surface area (Å²) >= 11 is 0. The van der Waals surface area contributed by atoms with Crippen molar-refractivity contribution < 1.29 is 8.78 Å². The number of hydrogen-bond donors (Lipinski definition) is 1. The van der Waals surface area contributed by atoms with Gasteiger partial charge >= 0.3 is 0 Å². The molecule has 1 aliphatic rings. The highest BCUT2D eigenvalue weighted by molar-refractivity contribution is 5.43. The topological polar surface area (TPSA) is 29.9 Å². The molecule has 0 bridgehead atoms. The largest absolute Gasteiger partial charge is 0.363 e. The van der Waals surface area contributed by atoms with Gasteiger partial charge in [0, 0.05) is 6.07 Å². The molecule has 106 valence electrons. The maximum absolute atomic E-state index is 13.3. The number of hydrogen-bond acceptors (Lipinski definition) is 2. The van der Waals surface area contributed by atoms with E-state index in [-0.39, 0.29) is 6.04 Å². The van der Waals surface area contributed by atoms with E-state index in [0.717, 1.165) is 16.8 Å². The summed E-state index contributed by atoms with van der Waals surface area (Å²) in [6.45, 7) is 3.83. The van der Waals surface area contributed by atoms with Crippen LogP contribution in [-0.4, -0.2) is 16.2 Å². The summed E-state index contributed by atoms with van der Waals surface area (Å²) < 4.78 is 28.0. The second-order valence-electron chi connectivity index (χ2n) is 5.36. The second-order valence-corrected chi connectivity index (χ2v) is 5.36. The molecule has 1 N–H and O–H groups in total. The second kappa shape index (κ2) is 4.89. The molecule has 0 unspecified atom stereocenters. The average Bonchev–Trinajstić information content (AvgIpc) is 2.78. The first-order valence-corrected chi connectivity index (χ1v) is 6.72. The smallest absolute Gasteiger partial charge is 0.260 e. The van der Waals surface area contributed by atoms with Gasteiger partial charge < -0.3 is 5.32 Å². The molecule has 1 aromatic carbocycles. The Bertz CT molecular complexity index is 604. The van der Waals surface area contributed by atoms with Gasteiger partial charge in [-0.05, 0) is 25.8 Å². The summed E-state index contributed by atoms with van der Waals surface area (Å²) in [5.74, 6) is 0.671. The van der Waals surface area contributed by atoms with Crippen molar-refractivity contribution in [2.75, 3.05) is 5.32 Å². The van der Waals surface area contributed by atoms with Crippen LogP contribution in [0.3, 0.4) is 0 Å². The van der Waals surface area contributed by atoms with E-state index in [2.05, 4.69) is 10.4 Å². The standard InChI is InChI=1S/C15H17F2N3/c1-9-3-5-11(6-4-9)12-8-13(15(16)17)20-14(18-12)7-10(2)19-20/h3-7,12-13,15,18H,8H2,1-2H3/t12-,13-/m1/s1. The molecule has 2 heterocycles. The molecule has 3 nitrogen and oxygen atoms in total. The van der Waals surface area contributed by atoms with E-state index in [9.17, 15) is 8.78 Å². The highest BCUT2D eigenvalue weighted by atomic mass is 19.3. The van der Waals surface area contributed by atoms with E-state index in [0.29, 0.717) is 12.2 Å². The van der Waals surface area contributed by atoms with Gasteiger partial charge in [0.05, 0.1) is 11.7 Å². The third-order valence-electron chi connectivity index (χ3n) is 3.74. The van der Waals surface area contributed by atoms with Crippen molar-refractivity contribution in [1.82, 2.24) is 9.78 Å². The lowest BCUT2D eigenvalue weighted by atomic mass is 9.97. The summed E-state index contributed by atoms with van der Waals surface area (Å²) in [5.41, 5.74) is 2.95. The zero-order chi connectivity index (χ0) is 14.3. The molecule has 3 rings (SSSR count). The Morgan fingerprint density at radius 1 is 1.25 bits per heavy atom. The number of aryl methyl sites for hydroxylation is 2. The van der Waals surface area contributed by atoms with Crippen LogP contribution in [0.15, 0.2) is 30.3 Å². The fraction of sp³-hybridized carbons (Fsp3) is 0.400. The van der Waals surface area contributed by atoms with Crippen LogP contribution >= 0.6 is 0 Å². The maximum atomic E-state index is 13.3. The highest BCUT2D eigenvalue weighted by Crippen LogP contribution is 2.38. The monoisotopic (exact) mass is 277 g/mol. The van der Waals surface area contributed by atoms with E-state index < -0.39 is 12.5 Å². The van der Waals surface area contributed by atoms with E-state index in [1.165, 1.54) is 4.68 Å². The van der Waals surface area contributed by atoms with Gasteiger partial charge in [-0.1, -0.05) is 29.8 Å². The number of alkyl halides is 2. The third kappa shape index (κ3) is 2.28. The zero-order valence-electron chi connectivity index (χ0n) is 11.5. The van der Waals surface area contributed by atoms with Crippen LogP contribution < -0.4 is 5.32 Å². The van der Waals surface area contributed by atoms with Gasteiger partial charge in [0.25, 0.3) is 6.43 Å². The lowest BCUT2D eigenvalue weighted by Gasteiger charge is -2.32. The Morgan fingerprint density at radius 2 is 1.95 bits per heavy atom. The molecule has 0 spiro atoms. The maximum Gasteiger partial charge on any atom is 0.260 e. The molecular formula is C15H17F2N3. The van der Waals surface area contributed by atoms with Crippen LogP contribution in [0.5, 0.6) is 0 Å². The first-order chi connectivity index (χ1) is 9.54. The molecule has 20 heavy (non-hydrogen) atoms. The molecule has 5 heteroatoms. The molecule has 0 saturated carbocycles. The number of nitrogens with one attached hydrogen (secondary N) is 1. The van der Waals surface area contributed by atoms with E-state index >= 15 is 0 Å². The van der Waals surface area contributed by atoms with Gasteiger partial charge in [-0.25, -0.2) is 13.5 Å². The van der Waals surface area contributed by atoms with E-state index in [4.69, 9.17) is 0 Å². The van der Waals surface area contributed by atoms with E-state index in [1.54, 1.807) is 0 Å². The van der Waals surface area contributed by atoms with Crippen LogP contribution in [-0.2, 0) is 0 Å². The minimum absolute atomic E-state index is 0.0989. The molecule has 0 radical (unpaired) electrons. The average molecular weight is 277 g/mol. The number of fused-ring (bicyclic) bond motifs is 1. The van der Waals surface area contributed by atoms with Crippen LogP contribution in [0, 0.1) is 13.8 Å². The number of nitrogens with zero attached hydrogens (tertiary/aromatic N) is 2. The molecule has 0 fully saturated rings.